The van der Waals surface area contributed by atoms with Crippen molar-refractivity contribution in [2.75, 3.05) is 17.2 Å². The Balaban J connectivity index is 1.30. The zero-order valence-corrected chi connectivity index (χ0v) is 20.1. The molecule has 0 unspecified atom stereocenters. The van der Waals surface area contributed by atoms with Gasteiger partial charge in [0.1, 0.15) is 5.75 Å². The Hall–Kier alpha value is -3.90. The maximum atomic E-state index is 12.4. The van der Waals surface area contributed by atoms with Gasteiger partial charge in [-0.25, -0.2) is 0 Å². The number of anilines is 2. The van der Waals surface area contributed by atoms with Crippen molar-refractivity contribution in [3.63, 3.8) is 0 Å². The van der Waals surface area contributed by atoms with E-state index in [2.05, 4.69) is 26.6 Å². The molecule has 0 atom stereocenters. The van der Waals surface area contributed by atoms with Crippen molar-refractivity contribution < 1.29 is 14.3 Å². The molecular weight excluding hydrogens is 492 g/mol. The lowest BCUT2D eigenvalue weighted by Gasteiger charge is -2.11. The van der Waals surface area contributed by atoms with Crippen LogP contribution in [-0.4, -0.2) is 18.4 Å². The summed E-state index contributed by atoms with van der Waals surface area (Å²) < 4.78 is 6.46. The maximum absolute atomic E-state index is 12.4. The van der Waals surface area contributed by atoms with E-state index >= 15 is 0 Å². The van der Waals surface area contributed by atoms with Gasteiger partial charge in [-0.15, -0.1) is 0 Å². The van der Waals surface area contributed by atoms with E-state index in [9.17, 15) is 9.59 Å². The fourth-order valence-electron chi connectivity index (χ4n) is 3.43. The Morgan fingerprint density at radius 1 is 0.765 bits per heavy atom. The van der Waals surface area contributed by atoms with Gasteiger partial charge in [0.2, 0.25) is 0 Å². The van der Waals surface area contributed by atoms with Crippen molar-refractivity contribution in [1.82, 2.24) is 0 Å². The first-order valence-electron chi connectivity index (χ1n) is 10.7. The Morgan fingerprint density at radius 3 is 2.09 bits per heavy atom. The number of hydrogen-bond donors (Lipinski definition) is 2. The summed E-state index contributed by atoms with van der Waals surface area (Å²) in [5.41, 5.74) is 4.95. The summed E-state index contributed by atoms with van der Waals surface area (Å²) in [6, 6.07) is 30.1. The fourth-order valence-corrected chi connectivity index (χ4v) is 3.92. The first-order valence-corrected chi connectivity index (χ1v) is 11.5. The van der Waals surface area contributed by atoms with Crippen LogP contribution in [-0.2, 0) is 4.79 Å². The van der Waals surface area contributed by atoms with Crippen molar-refractivity contribution in [2.24, 2.45) is 0 Å². The molecule has 5 nitrogen and oxygen atoms in total. The average molecular weight is 515 g/mol. The van der Waals surface area contributed by atoms with Gasteiger partial charge in [0.15, 0.2) is 6.61 Å². The minimum absolute atomic E-state index is 0.130. The fraction of sp³-hybridized carbons (Fsp3) is 0.0714. The smallest absolute Gasteiger partial charge is 0.262 e. The molecule has 0 aromatic heterocycles. The van der Waals surface area contributed by atoms with Gasteiger partial charge in [-0.1, -0.05) is 54.6 Å². The van der Waals surface area contributed by atoms with E-state index in [-0.39, 0.29) is 18.4 Å². The van der Waals surface area contributed by atoms with Crippen LogP contribution in [0.2, 0.25) is 0 Å². The molecule has 4 aromatic rings. The van der Waals surface area contributed by atoms with Crippen LogP contribution < -0.4 is 15.4 Å². The molecule has 2 amide bonds. The summed E-state index contributed by atoms with van der Waals surface area (Å²) in [5.74, 6) is 0.131. The second-order valence-electron chi connectivity index (χ2n) is 7.69. The summed E-state index contributed by atoms with van der Waals surface area (Å²) in [7, 11) is 0. The molecule has 4 aromatic carbocycles. The average Bonchev–Trinajstić information content (AvgIpc) is 2.85. The van der Waals surface area contributed by atoms with Gasteiger partial charge in [0.05, 0.1) is 4.47 Å². The monoisotopic (exact) mass is 514 g/mol. The molecule has 0 saturated heterocycles. The highest BCUT2D eigenvalue weighted by Crippen LogP contribution is 2.30. The van der Waals surface area contributed by atoms with Crippen LogP contribution in [0.3, 0.4) is 0 Å². The van der Waals surface area contributed by atoms with Gasteiger partial charge in [-0.3, -0.25) is 9.59 Å². The molecule has 0 spiro atoms. The van der Waals surface area contributed by atoms with E-state index in [1.807, 2.05) is 73.7 Å². The van der Waals surface area contributed by atoms with Crippen LogP contribution in [0.5, 0.6) is 5.75 Å². The highest BCUT2D eigenvalue weighted by molar-refractivity contribution is 9.10. The van der Waals surface area contributed by atoms with Crippen LogP contribution >= 0.6 is 15.9 Å². The Morgan fingerprint density at radius 2 is 1.41 bits per heavy atom. The molecule has 0 saturated carbocycles. The summed E-state index contributed by atoms with van der Waals surface area (Å²) in [5, 5.41) is 5.67. The van der Waals surface area contributed by atoms with Crippen LogP contribution in [0, 0.1) is 6.92 Å². The molecule has 0 aliphatic carbocycles. The zero-order chi connectivity index (χ0) is 23.9. The SMILES string of the molecule is Cc1ccccc1C(=O)Nc1ccc(NC(=O)COc2ccc(-c3ccccc3)cc2Br)cc1. The van der Waals surface area contributed by atoms with E-state index in [0.717, 1.165) is 21.2 Å². The lowest BCUT2D eigenvalue weighted by Crippen LogP contribution is -2.20. The molecule has 6 heteroatoms. The second-order valence-corrected chi connectivity index (χ2v) is 8.55. The van der Waals surface area contributed by atoms with Crippen LogP contribution in [0.25, 0.3) is 11.1 Å². The first-order chi connectivity index (χ1) is 16.5. The number of hydrogen-bond acceptors (Lipinski definition) is 3. The predicted octanol–water partition coefficient (Wildman–Crippen LogP) is 6.69. The Bertz CT molecular complexity index is 1310. The van der Waals surface area contributed by atoms with Crippen molar-refractivity contribution in [1.29, 1.82) is 0 Å². The molecule has 4 rings (SSSR count). The molecular formula is C28H23BrN2O3. The van der Waals surface area contributed by atoms with Gasteiger partial charge in [0.25, 0.3) is 11.8 Å². The minimum atomic E-state index is -0.282. The highest BCUT2D eigenvalue weighted by atomic mass is 79.9. The lowest BCUT2D eigenvalue weighted by atomic mass is 10.1. The summed E-state index contributed by atoms with van der Waals surface area (Å²) in [4.78, 5) is 24.8. The van der Waals surface area contributed by atoms with Gasteiger partial charge >= 0.3 is 0 Å². The molecule has 170 valence electrons. The molecule has 0 aliphatic heterocycles. The first kappa shape index (κ1) is 23.3. The number of carbonyl (C=O) groups is 2. The second kappa shape index (κ2) is 10.8. The number of amides is 2. The number of nitrogens with one attached hydrogen (secondary N) is 2. The zero-order valence-electron chi connectivity index (χ0n) is 18.5. The quantitative estimate of drug-likeness (QED) is 0.288. The van der Waals surface area contributed by atoms with Crippen molar-refractivity contribution in [3.05, 3.63) is 113 Å². The van der Waals surface area contributed by atoms with E-state index in [0.29, 0.717) is 22.7 Å². The van der Waals surface area contributed by atoms with Gasteiger partial charge in [0, 0.05) is 16.9 Å². The number of aryl methyl sites for hydroxylation is 1. The highest BCUT2D eigenvalue weighted by Gasteiger charge is 2.10. The van der Waals surface area contributed by atoms with Gasteiger partial charge in [-0.05, 0) is 82.0 Å². The van der Waals surface area contributed by atoms with E-state index in [4.69, 9.17) is 4.74 Å². The summed E-state index contributed by atoms with van der Waals surface area (Å²) >= 11 is 3.52. The standard InChI is InChI=1S/C28H23BrN2O3/c1-19-7-5-6-10-24(19)28(33)31-23-14-12-22(13-15-23)30-27(32)18-34-26-16-11-21(17-25(26)29)20-8-3-2-4-9-20/h2-17H,18H2,1H3,(H,30,32)(H,31,33). The third kappa shape index (κ3) is 5.91. The summed E-state index contributed by atoms with van der Waals surface area (Å²) in [6.45, 7) is 1.76. The van der Waals surface area contributed by atoms with Crippen molar-refractivity contribution in [3.8, 4) is 16.9 Å². The Kier molecular flexibility index (Phi) is 7.40. The van der Waals surface area contributed by atoms with E-state index in [1.54, 1.807) is 30.3 Å². The topological polar surface area (TPSA) is 67.4 Å². The molecule has 0 fully saturated rings. The number of benzene rings is 4. The van der Waals surface area contributed by atoms with Gasteiger partial charge < -0.3 is 15.4 Å². The third-order valence-corrected chi connectivity index (χ3v) is 5.83. The number of halogens is 1. The minimum Gasteiger partial charge on any atom is -0.483 e. The normalized spacial score (nSPS) is 10.4. The van der Waals surface area contributed by atoms with Gasteiger partial charge in [-0.2, -0.15) is 0 Å². The summed E-state index contributed by atoms with van der Waals surface area (Å²) in [6.07, 6.45) is 0. The molecule has 34 heavy (non-hydrogen) atoms. The molecule has 2 N–H and O–H groups in total. The molecule has 0 aliphatic rings. The number of rotatable bonds is 7. The van der Waals surface area contributed by atoms with Crippen molar-refractivity contribution in [2.45, 2.75) is 6.92 Å². The number of carbonyl (C=O) groups excluding carboxylic acids is 2. The lowest BCUT2D eigenvalue weighted by molar-refractivity contribution is -0.118. The number of ether oxygens (including phenoxy) is 1. The van der Waals surface area contributed by atoms with E-state index in [1.165, 1.54) is 0 Å². The predicted molar refractivity (Wildman–Crippen MR) is 139 cm³/mol. The van der Waals surface area contributed by atoms with E-state index < -0.39 is 0 Å². The third-order valence-electron chi connectivity index (χ3n) is 5.21. The Labute approximate surface area is 206 Å². The van der Waals surface area contributed by atoms with Crippen LogP contribution in [0.4, 0.5) is 11.4 Å². The largest absolute Gasteiger partial charge is 0.483 e. The molecule has 0 bridgehead atoms. The van der Waals surface area contributed by atoms with Crippen molar-refractivity contribution >= 4 is 39.1 Å². The maximum Gasteiger partial charge on any atom is 0.262 e. The molecule has 0 heterocycles. The molecule has 0 radical (unpaired) electrons. The van der Waals surface area contributed by atoms with Crippen LogP contribution in [0.15, 0.2) is 102 Å². The van der Waals surface area contributed by atoms with Crippen LogP contribution in [0.1, 0.15) is 15.9 Å².